The Kier molecular flexibility index (Phi) is 7.42. The number of furan rings is 2. The maximum Gasteiger partial charge on any atom is 0.164 e. The zero-order valence-electron chi connectivity index (χ0n) is 30.1. The van der Waals surface area contributed by atoms with E-state index in [2.05, 4.69) is 127 Å². The maximum absolute atomic E-state index is 6.69. The van der Waals surface area contributed by atoms with E-state index >= 15 is 0 Å². The van der Waals surface area contributed by atoms with Crippen molar-refractivity contribution >= 4 is 43.9 Å². The Morgan fingerprint density at radius 3 is 1.48 bits per heavy atom. The monoisotopic (exact) mass is 717 g/mol. The molecule has 11 aromatic rings. The van der Waals surface area contributed by atoms with Crippen LogP contribution in [0.15, 0.2) is 197 Å². The fourth-order valence-corrected chi connectivity index (χ4v) is 7.80. The van der Waals surface area contributed by atoms with Gasteiger partial charge in [0.2, 0.25) is 0 Å². The number of rotatable bonds is 6. The predicted octanol–water partition coefficient (Wildman–Crippen LogP) is 13.7. The molecule has 56 heavy (non-hydrogen) atoms. The highest BCUT2D eigenvalue weighted by atomic mass is 16.3. The van der Waals surface area contributed by atoms with Gasteiger partial charge in [0.1, 0.15) is 22.3 Å². The zero-order valence-corrected chi connectivity index (χ0v) is 30.1. The van der Waals surface area contributed by atoms with Gasteiger partial charge in [-0.05, 0) is 58.1 Å². The lowest BCUT2D eigenvalue weighted by Crippen LogP contribution is -2.00. The van der Waals surface area contributed by atoms with Crippen LogP contribution in [-0.2, 0) is 0 Å². The normalized spacial score (nSPS) is 11.6. The Morgan fingerprint density at radius 2 is 0.768 bits per heavy atom. The van der Waals surface area contributed by atoms with Gasteiger partial charge in [-0.2, -0.15) is 0 Å². The molecule has 3 aromatic heterocycles. The molecule has 0 atom stereocenters. The van der Waals surface area contributed by atoms with Crippen LogP contribution in [0.1, 0.15) is 0 Å². The summed E-state index contributed by atoms with van der Waals surface area (Å²) in [5.41, 5.74) is 12.6. The highest BCUT2D eigenvalue weighted by Gasteiger charge is 2.19. The Balaban J connectivity index is 1.02. The molecule has 0 fully saturated rings. The summed E-state index contributed by atoms with van der Waals surface area (Å²) in [4.78, 5) is 15.0. The van der Waals surface area contributed by atoms with E-state index in [-0.39, 0.29) is 0 Å². The molecule has 0 N–H and O–H groups in total. The lowest BCUT2D eigenvalue weighted by atomic mass is 9.97. The zero-order chi connectivity index (χ0) is 37.0. The van der Waals surface area contributed by atoms with E-state index in [0.29, 0.717) is 17.5 Å². The summed E-state index contributed by atoms with van der Waals surface area (Å²) in [5.74, 6) is 1.79. The van der Waals surface area contributed by atoms with Crippen molar-refractivity contribution in [3.63, 3.8) is 0 Å². The summed E-state index contributed by atoms with van der Waals surface area (Å²) in [6.45, 7) is 0. The first-order valence-electron chi connectivity index (χ1n) is 18.7. The van der Waals surface area contributed by atoms with Gasteiger partial charge in [-0.25, -0.2) is 15.0 Å². The molecule has 0 spiro atoms. The second-order valence-corrected chi connectivity index (χ2v) is 14.0. The summed E-state index contributed by atoms with van der Waals surface area (Å²) in [5, 5.41) is 4.22. The highest BCUT2D eigenvalue weighted by Crippen LogP contribution is 2.43. The number of hydrogen-bond donors (Lipinski definition) is 0. The summed E-state index contributed by atoms with van der Waals surface area (Å²) in [7, 11) is 0. The molecule has 8 aromatic carbocycles. The summed E-state index contributed by atoms with van der Waals surface area (Å²) >= 11 is 0. The minimum absolute atomic E-state index is 0.575. The number of hydrogen-bond acceptors (Lipinski definition) is 5. The second-order valence-electron chi connectivity index (χ2n) is 14.0. The van der Waals surface area contributed by atoms with E-state index in [1.165, 1.54) is 0 Å². The summed E-state index contributed by atoms with van der Waals surface area (Å²) < 4.78 is 13.3. The van der Waals surface area contributed by atoms with Gasteiger partial charge in [0, 0.05) is 43.8 Å². The van der Waals surface area contributed by atoms with Gasteiger partial charge in [-0.1, -0.05) is 158 Å². The van der Waals surface area contributed by atoms with E-state index in [4.69, 9.17) is 23.8 Å². The Labute approximate surface area is 322 Å². The van der Waals surface area contributed by atoms with Crippen molar-refractivity contribution < 1.29 is 8.83 Å². The molecule has 5 nitrogen and oxygen atoms in total. The number of para-hydroxylation sites is 1. The van der Waals surface area contributed by atoms with Gasteiger partial charge in [0.15, 0.2) is 17.5 Å². The van der Waals surface area contributed by atoms with Crippen LogP contribution in [0.2, 0.25) is 0 Å². The molecule has 262 valence electrons. The fraction of sp³-hybridized carbons (Fsp3) is 0. The molecule has 5 heteroatoms. The van der Waals surface area contributed by atoms with Gasteiger partial charge in [-0.3, -0.25) is 0 Å². The average molecular weight is 718 g/mol. The first-order chi connectivity index (χ1) is 27.7. The molecule has 0 aliphatic heterocycles. The van der Waals surface area contributed by atoms with Crippen LogP contribution in [0.25, 0.3) is 111 Å². The van der Waals surface area contributed by atoms with Crippen LogP contribution in [0, 0.1) is 0 Å². The van der Waals surface area contributed by atoms with Crippen molar-refractivity contribution in [2.45, 2.75) is 0 Å². The maximum atomic E-state index is 6.69. The molecule has 11 rings (SSSR count). The molecule has 0 unspecified atom stereocenters. The minimum atomic E-state index is 0.575. The third kappa shape index (κ3) is 5.45. The van der Waals surface area contributed by atoms with Crippen LogP contribution < -0.4 is 0 Å². The quantitative estimate of drug-likeness (QED) is 0.171. The van der Waals surface area contributed by atoms with Gasteiger partial charge in [-0.15, -0.1) is 0 Å². The molecule has 0 aliphatic rings. The van der Waals surface area contributed by atoms with Crippen molar-refractivity contribution in [3.05, 3.63) is 188 Å². The van der Waals surface area contributed by atoms with Gasteiger partial charge in [0.25, 0.3) is 0 Å². The fourth-order valence-electron chi connectivity index (χ4n) is 7.80. The van der Waals surface area contributed by atoms with Gasteiger partial charge < -0.3 is 8.83 Å². The van der Waals surface area contributed by atoms with E-state index in [0.717, 1.165) is 93.9 Å². The topological polar surface area (TPSA) is 65.0 Å². The number of aromatic nitrogens is 3. The van der Waals surface area contributed by atoms with E-state index in [1.54, 1.807) is 0 Å². The summed E-state index contributed by atoms with van der Waals surface area (Å²) in [6.07, 6.45) is 0. The minimum Gasteiger partial charge on any atom is -0.456 e. The van der Waals surface area contributed by atoms with Crippen molar-refractivity contribution in [3.8, 4) is 67.5 Å². The van der Waals surface area contributed by atoms with Crippen molar-refractivity contribution in [1.82, 2.24) is 15.0 Å². The molecule has 0 bridgehead atoms. The number of nitrogens with zero attached hydrogens (tertiary/aromatic N) is 3. The Bertz CT molecular complexity index is 3220. The predicted molar refractivity (Wildman–Crippen MR) is 227 cm³/mol. The van der Waals surface area contributed by atoms with Crippen LogP contribution in [0.4, 0.5) is 0 Å². The standard InChI is InChI=1S/C51H31N3O2/c1-4-12-32(13-5-1)34-22-24-36(25-23-34)50-52-49(35-16-8-3-9-17-35)53-51(54-50)38-27-29-43-46(31-38)55-44-21-11-18-40(47(43)44)42-20-10-19-41-39-28-26-37(30-45(39)56-48(41)42)33-14-6-2-7-15-33/h1-31H. The van der Waals surface area contributed by atoms with E-state index < -0.39 is 0 Å². The molecule has 0 aliphatic carbocycles. The van der Waals surface area contributed by atoms with Crippen LogP contribution in [0.5, 0.6) is 0 Å². The second kappa shape index (κ2) is 13.0. The Morgan fingerprint density at radius 1 is 0.286 bits per heavy atom. The van der Waals surface area contributed by atoms with Crippen LogP contribution in [-0.4, -0.2) is 15.0 Å². The van der Waals surface area contributed by atoms with Crippen LogP contribution >= 0.6 is 0 Å². The van der Waals surface area contributed by atoms with Crippen molar-refractivity contribution in [1.29, 1.82) is 0 Å². The molecule has 0 radical (unpaired) electrons. The highest BCUT2D eigenvalue weighted by molar-refractivity contribution is 6.17. The van der Waals surface area contributed by atoms with E-state index in [1.807, 2.05) is 60.7 Å². The van der Waals surface area contributed by atoms with Crippen LogP contribution in [0.3, 0.4) is 0 Å². The largest absolute Gasteiger partial charge is 0.456 e. The average Bonchev–Trinajstić information content (AvgIpc) is 3.85. The summed E-state index contributed by atoms with van der Waals surface area (Å²) in [6, 6.07) is 64.5. The molecular weight excluding hydrogens is 687 g/mol. The molecule has 0 amide bonds. The third-order valence-corrected chi connectivity index (χ3v) is 10.6. The Hall–Kier alpha value is -7.63. The first-order valence-corrected chi connectivity index (χ1v) is 18.7. The molecule has 3 heterocycles. The first kappa shape index (κ1) is 31.9. The molecular formula is C51H31N3O2. The van der Waals surface area contributed by atoms with Crippen molar-refractivity contribution in [2.75, 3.05) is 0 Å². The number of benzene rings is 8. The third-order valence-electron chi connectivity index (χ3n) is 10.6. The van der Waals surface area contributed by atoms with Crippen molar-refractivity contribution in [2.24, 2.45) is 0 Å². The smallest absolute Gasteiger partial charge is 0.164 e. The van der Waals surface area contributed by atoms with E-state index in [9.17, 15) is 0 Å². The molecule has 0 saturated heterocycles. The lowest BCUT2D eigenvalue weighted by molar-refractivity contribution is 0.669. The SMILES string of the molecule is c1ccc(-c2ccc(-c3nc(-c4ccccc4)nc(-c4ccc5c(c4)oc4cccc(-c6cccc7c6oc6cc(-c8ccccc8)ccc67)c45)n3)cc2)cc1. The van der Waals surface area contributed by atoms with Gasteiger partial charge >= 0.3 is 0 Å². The number of fused-ring (bicyclic) bond motifs is 6. The van der Waals surface area contributed by atoms with Gasteiger partial charge in [0.05, 0.1) is 0 Å². The molecule has 0 saturated carbocycles. The lowest BCUT2D eigenvalue weighted by Gasteiger charge is -2.09.